The van der Waals surface area contributed by atoms with Crippen LogP contribution in [0.1, 0.15) is 26.1 Å². The number of thiophene rings is 1. The van der Waals surface area contributed by atoms with Crippen LogP contribution in [0, 0.1) is 5.92 Å². The second-order valence-electron chi connectivity index (χ2n) is 9.38. The fourth-order valence-electron chi connectivity index (χ4n) is 4.10. The number of aromatic nitrogens is 2. The van der Waals surface area contributed by atoms with Crippen LogP contribution >= 0.6 is 22.9 Å². The molecule has 0 aliphatic carbocycles. The van der Waals surface area contributed by atoms with Crippen LogP contribution in [0.25, 0.3) is 21.3 Å². The molecule has 4 rings (SSSR count). The number of ether oxygens (including phenoxy) is 2. The predicted molar refractivity (Wildman–Crippen MR) is 150 cm³/mol. The molecule has 0 bridgehead atoms. The highest BCUT2D eigenvalue weighted by atomic mass is 35.5. The monoisotopic (exact) mass is 541 g/mol. The zero-order valence-electron chi connectivity index (χ0n) is 21.2. The fraction of sp³-hybridized carbons (Fsp3) is 0.357. The second-order valence-corrected chi connectivity index (χ2v) is 10.7. The maximum absolute atomic E-state index is 13.2. The van der Waals surface area contributed by atoms with Crippen molar-refractivity contribution in [1.29, 1.82) is 0 Å². The molecule has 0 unspecified atom stereocenters. The Morgan fingerprint density at radius 3 is 2.62 bits per heavy atom. The summed E-state index contributed by atoms with van der Waals surface area (Å²) in [6.45, 7) is 6.03. The maximum Gasteiger partial charge on any atom is 0.260 e. The van der Waals surface area contributed by atoms with Gasteiger partial charge in [0.25, 0.3) is 5.56 Å². The first-order valence-corrected chi connectivity index (χ1v) is 13.5. The van der Waals surface area contributed by atoms with Gasteiger partial charge in [-0.2, -0.15) is 0 Å². The minimum absolute atomic E-state index is 0.149. The van der Waals surface area contributed by atoms with Gasteiger partial charge in [0.15, 0.2) is 0 Å². The Hall–Kier alpha value is -2.91. The van der Waals surface area contributed by atoms with Crippen molar-refractivity contribution in [2.24, 2.45) is 5.92 Å². The smallest absolute Gasteiger partial charge is 0.260 e. The topological polar surface area (TPSA) is 87.7 Å². The van der Waals surface area contributed by atoms with Gasteiger partial charge in [0, 0.05) is 28.1 Å². The minimum Gasteiger partial charge on any atom is -0.496 e. The lowest BCUT2D eigenvalue weighted by atomic mass is 10.1. The first kappa shape index (κ1) is 27.1. The summed E-state index contributed by atoms with van der Waals surface area (Å²) in [6, 6.07) is 14.7. The van der Waals surface area contributed by atoms with Gasteiger partial charge in [-0.3, -0.25) is 9.69 Å². The molecule has 1 atom stereocenters. The molecular formula is C28H32ClN3O4S. The summed E-state index contributed by atoms with van der Waals surface area (Å²) < 4.78 is 11.2. The molecule has 0 radical (unpaired) electrons. The average Bonchev–Trinajstić information content (AvgIpc) is 3.31. The van der Waals surface area contributed by atoms with Crippen molar-refractivity contribution >= 4 is 33.2 Å². The first-order valence-electron chi connectivity index (χ1n) is 12.3. The van der Waals surface area contributed by atoms with Gasteiger partial charge in [-0.05, 0) is 49.2 Å². The van der Waals surface area contributed by atoms with E-state index in [0.717, 1.165) is 24.1 Å². The molecule has 0 amide bonds. The molecule has 0 fully saturated rings. The molecule has 2 heterocycles. The van der Waals surface area contributed by atoms with Crippen molar-refractivity contribution in [3.8, 4) is 22.6 Å². The molecule has 196 valence electrons. The van der Waals surface area contributed by atoms with Crippen molar-refractivity contribution in [3.63, 3.8) is 0 Å². The third kappa shape index (κ3) is 7.11. The summed E-state index contributed by atoms with van der Waals surface area (Å²) in [5.74, 6) is 2.43. The van der Waals surface area contributed by atoms with E-state index in [1.165, 1.54) is 11.3 Å². The Morgan fingerprint density at radius 2 is 1.89 bits per heavy atom. The number of halogens is 1. The molecule has 2 aromatic carbocycles. The number of methoxy groups -OCH3 is 1. The minimum atomic E-state index is -0.711. The summed E-state index contributed by atoms with van der Waals surface area (Å²) in [4.78, 5) is 23.7. The number of hydrogen-bond acceptors (Lipinski definition) is 7. The Labute approximate surface area is 225 Å². The normalized spacial score (nSPS) is 12.4. The van der Waals surface area contributed by atoms with E-state index < -0.39 is 6.10 Å². The van der Waals surface area contributed by atoms with Gasteiger partial charge in [-0.1, -0.05) is 43.6 Å². The van der Waals surface area contributed by atoms with Gasteiger partial charge >= 0.3 is 0 Å². The average molecular weight is 542 g/mol. The van der Waals surface area contributed by atoms with E-state index in [-0.39, 0.29) is 12.2 Å². The van der Waals surface area contributed by atoms with Crippen LogP contribution in [-0.2, 0) is 6.54 Å². The SMILES string of the molecule is COc1ccccc1-c1csc2nc(CN(CCC(C)C)C[C@H](O)COc3ccc(Cl)cc3)[nH]c(=O)c12. The number of aliphatic hydroxyl groups is 1. The molecule has 4 aromatic rings. The van der Waals surface area contributed by atoms with Crippen LogP contribution in [0.15, 0.2) is 58.7 Å². The molecule has 0 saturated carbocycles. The number of nitrogens with one attached hydrogen (secondary N) is 1. The van der Waals surface area contributed by atoms with Crippen molar-refractivity contribution < 1.29 is 14.6 Å². The zero-order valence-corrected chi connectivity index (χ0v) is 22.8. The van der Waals surface area contributed by atoms with E-state index in [9.17, 15) is 9.90 Å². The second kappa shape index (κ2) is 12.6. The van der Waals surface area contributed by atoms with E-state index in [4.69, 9.17) is 26.1 Å². The molecule has 0 aliphatic heterocycles. The van der Waals surface area contributed by atoms with Crippen molar-refractivity contribution in [3.05, 3.63) is 75.1 Å². The van der Waals surface area contributed by atoms with E-state index in [0.29, 0.717) is 51.6 Å². The van der Waals surface area contributed by atoms with Gasteiger partial charge in [-0.25, -0.2) is 4.98 Å². The number of H-pyrrole nitrogens is 1. The first-order chi connectivity index (χ1) is 17.8. The Morgan fingerprint density at radius 1 is 1.14 bits per heavy atom. The summed E-state index contributed by atoms with van der Waals surface area (Å²) in [5.41, 5.74) is 1.49. The van der Waals surface area contributed by atoms with Gasteiger partial charge in [0.05, 0.1) is 19.0 Å². The zero-order chi connectivity index (χ0) is 26.4. The van der Waals surface area contributed by atoms with Gasteiger partial charge in [0.1, 0.15) is 34.9 Å². The molecule has 0 spiro atoms. The number of fused-ring (bicyclic) bond motifs is 1. The van der Waals surface area contributed by atoms with Gasteiger partial charge in [0.2, 0.25) is 0 Å². The summed E-state index contributed by atoms with van der Waals surface area (Å²) in [5, 5.41) is 13.8. The molecule has 0 aliphatic rings. The van der Waals surface area contributed by atoms with Crippen LogP contribution in [0.4, 0.5) is 0 Å². The number of rotatable bonds is 12. The summed E-state index contributed by atoms with van der Waals surface area (Å²) in [7, 11) is 1.62. The van der Waals surface area contributed by atoms with E-state index >= 15 is 0 Å². The maximum atomic E-state index is 13.2. The fourth-order valence-corrected chi connectivity index (χ4v) is 5.18. The van der Waals surface area contributed by atoms with Crippen LogP contribution < -0.4 is 15.0 Å². The standard InChI is InChI=1S/C28H32ClN3O4S/c1-18(2)12-13-32(14-20(33)16-36-21-10-8-19(29)9-11-21)15-25-30-27(34)26-23(17-37-28(26)31-25)22-6-4-5-7-24(22)35-3/h4-11,17-18,20,33H,12-16H2,1-3H3,(H,30,31,34)/t20-/m0/s1. The van der Waals surface area contributed by atoms with Crippen LogP contribution in [0.3, 0.4) is 0 Å². The van der Waals surface area contributed by atoms with Crippen LogP contribution in [-0.4, -0.2) is 52.9 Å². The molecular weight excluding hydrogens is 510 g/mol. The highest BCUT2D eigenvalue weighted by molar-refractivity contribution is 7.17. The summed E-state index contributed by atoms with van der Waals surface area (Å²) >= 11 is 7.36. The number of aliphatic hydroxyl groups excluding tert-OH is 1. The van der Waals surface area contributed by atoms with Gasteiger partial charge in [-0.15, -0.1) is 11.3 Å². The van der Waals surface area contributed by atoms with E-state index in [1.807, 2.05) is 29.6 Å². The lowest BCUT2D eigenvalue weighted by Crippen LogP contribution is -2.37. The third-order valence-electron chi connectivity index (χ3n) is 6.01. The lowest BCUT2D eigenvalue weighted by Gasteiger charge is -2.25. The Kier molecular flexibility index (Phi) is 9.21. The Bertz CT molecular complexity index is 1370. The molecule has 9 heteroatoms. The number of hydrogen-bond donors (Lipinski definition) is 2. The number of benzene rings is 2. The summed E-state index contributed by atoms with van der Waals surface area (Å²) in [6.07, 6.45) is 0.242. The van der Waals surface area contributed by atoms with Crippen LogP contribution in [0.5, 0.6) is 11.5 Å². The number of aromatic amines is 1. The van der Waals surface area contributed by atoms with E-state index in [1.54, 1.807) is 31.4 Å². The van der Waals surface area contributed by atoms with Crippen LogP contribution in [0.2, 0.25) is 5.02 Å². The lowest BCUT2D eigenvalue weighted by molar-refractivity contribution is 0.0631. The largest absolute Gasteiger partial charge is 0.496 e. The number of para-hydroxylation sites is 1. The third-order valence-corrected chi connectivity index (χ3v) is 7.14. The Balaban J connectivity index is 1.51. The van der Waals surface area contributed by atoms with Gasteiger partial charge < -0.3 is 19.6 Å². The highest BCUT2D eigenvalue weighted by Crippen LogP contribution is 2.36. The van der Waals surface area contributed by atoms with Crippen molar-refractivity contribution in [2.45, 2.75) is 32.9 Å². The van der Waals surface area contributed by atoms with Crippen molar-refractivity contribution in [2.75, 3.05) is 26.8 Å². The van der Waals surface area contributed by atoms with Crippen molar-refractivity contribution in [1.82, 2.24) is 14.9 Å². The number of nitrogens with zero attached hydrogens (tertiary/aromatic N) is 2. The van der Waals surface area contributed by atoms with E-state index in [2.05, 4.69) is 23.7 Å². The molecule has 0 saturated heterocycles. The molecule has 2 aromatic heterocycles. The quantitative estimate of drug-likeness (QED) is 0.243. The molecule has 2 N–H and O–H groups in total. The molecule has 7 nitrogen and oxygen atoms in total. The highest BCUT2D eigenvalue weighted by Gasteiger charge is 2.19. The predicted octanol–water partition coefficient (Wildman–Crippen LogP) is 5.60. The molecule has 37 heavy (non-hydrogen) atoms.